The summed E-state index contributed by atoms with van der Waals surface area (Å²) in [5.74, 6) is 0.131. The second kappa shape index (κ2) is 13.4. The van der Waals surface area contributed by atoms with Gasteiger partial charge >= 0.3 is 0 Å². The molecule has 6 atom stereocenters. The van der Waals surface area contributed by atoms with Crippen LogP contribution in [0.4, 0.5) is 5.69 Å². The van der Waals surface area contributed by atoms with Crippen LogP contribution in [0.25, 0.3) is 0 Å². The van der Waals surface area contributed by atoms with Gasteiger partial charge in [-0.3, -0.25) is 4.79 Å². The first-order valence-electron chi connectivity index (χ1n) is 16.0. The molecule has 238 valence electrons. The van der Waals surface area contributed by atoms with E-state index in [1.54, 1.807) is 18.2 Å². The molecule has 0 radical (unpaired) electrons. The minimum Gasteiger partial charge on any atom is -0.487 e. The third-order valence-corrected chi connectivity index (χ3v) is 12.2. The van der Waals surface area contributed by atoms with Crippen LogP contribution in [0.15, 0.2) is 48.6 Å². The second-order valence-electron chi connectivity index (χ2n) is 13.0. The molecule has 0 aromatic heterocycles. The average Bonchev–Trinajstić information content (AvgIpc) is 2.96. The maximum absolute atomic E-state index is 13.7. The molecule has 2 bridgehead atoms. The van der Waals surface area contributed by atoms with E-state index in [0.717, 1.165) is 56.3 Å². The molecule has 2 aromatic carbocycles. The van der Waals surface area contributed by atoms with Crippen LogP contribution >= 0.6 is 11.6 Å². The van der Waals surface area contributed by atoms with Crippen molar-refractivity contribution in [2.45, 2.75) is 82.4 Å². The number of aliphatic hydroxyl groups excluding tert-OH is 1. The number of aliphatic hydroxyl groups is 1. The number of amides is 1. The van der Waals surface area contributed by atoms with E-state index in [0.29, 0.717) is 43.4 Å². The number of nitrogens with zero attached hydrogens (tertiary/aromatic N) is 1. The van der Waals surface area contributed by atoms with Crippen molar-refractivity contribution in [1.82, 2.24) is 4.72 Å². The van der Waals surface area contributed by atoms with E-state index in [2.05, 4.69) is 9.62 Å². The van der Waals surface area contributed by atoms with Crippen molar-refractivity contribution in [1.29, 1.82) is 0 Å². The maximum atomic E-state index is 13.7. The second-order valence-corrected chi connectivity index (χ2v) is 15.3. The molecule has 0 spiro atoms. The Morgan fingerprint density at radius 2 is 1.93 bits per heavy atom. The molecule has 0 unspecified atom stereocenters. The van der Waals surface area contributed by atoms with E-state index < -0.39 is 27.3 Å². The van der Waals surface area contributed by atoms with Crippen molar-refractivity contribution in [3.8, 4) is 5.75 Å². The van der Waals surface area contributed by atoms with Gasteiger partial charge in [-0.25, -0.2) is 13.1 Å². The lowest BCUT2D eigenvalue weighted by Gasteiger charge is -2.42. The van der Waals surface area contributed by atoms with E-state index in [4.69, 9.17) is 21.1 Å². The highest BCUT2D eigenvalue weighted by Gasteiger charge is 2.39. The third-order valence-electron chi connectivity index (χ3n) is 10.0. The van der Waals surface area contributed by atoms with Crippen molar-refractivity contribution < 1.29 is 27.8 Å². The highest BCUT2D eigenvalue weighted by Crippen LogP contribution is 2.41. The molecular weight excluding hydrogens is 600 g/mol. The van der Waals surface area contributed by atoms with Gasteiger partial charge in [0.1, 0.15) is 12.4 Å². The molecule has 1 saturated carbocycles. The zero-order chi connectivity index (χ0) is 30.8. The SMILES string of the molecule is C[C@H]1C/C=C\[C@H](O)[C@@H]2CC[C@H]2CN2CCCCc3cc(Cl)ccc3COc3ccc(cc32)C(=O)NS(=O)(=O)[C@H]1C[C@H]1CCO1. The molecule has 10 heteroatoms. The number of rotatable bonds is 2. The van der Waals surface area contributed by atoms with Gasteiger partial charge in [-0.2, -0.15) is 0 Å². The molecule has 3 heterocycles. The van der Waals surface area contributed by atoms with Gasteiger partial charge in [-0.1, -0.05) is 36.7 Å². The Morgan fingerprint density at radius 3 is 2.68 bits per heavy atom. The summed E-state index contributed by atoms with van der Waals surface area (Å²) in [6.45, 7) is 4.32. The lowest BCUT2D eigenvalue weighted by atomic mass is 9.70. The molecule has 1 saturated heterocycles. The zero-order valence-electron chi connectivity index (χ0n) is 25.3. The van der Waals surface area contributed by atoms with Crippen LogP contribution in [0, 0.1) is 17.8 Å². The van der Waals surface area contributed by atoms with E-state index in [9.17, 15) is 18.3 Å². The van der Waals surface area contributed by atoms with Crippen LogP contribution in [0.3, 0.4) is 0 Å². The number of carbonyl (C=O) groups is 1. The molecular formula is C34H43ClN2O6S. The monoisotopic (exact) mass is 642 g/mol. The van der Waals surface area contributed by atoms with Crippen molar-refractivity contribution in [2.24, 2.45) is 17.8 Å². The van der Waals surface area contributed by atoms with Gasteiger partial charge in [0.05, 0.1) is 23.1 Å². The van der Waals surface area contributed by atoms with Crippen molar-refractivity contribution >= 4 is 33.2 Å². The van der Waals surface area contributed by atoms with Gasteiger partial charge in [-0.15, -0.1) is 0 Å². The standard InChI is InChI=1S/C34H43ClN2O6S/c1-22-5-4-7-31(38)29-12-9-25(29)20-37-15-3-2-6-23-17-27(35)11-8-26(23)21-43-32-13-10-24(18-30(32)37)34(39)36-44(40,41)33(22)19-28-14-16-42-28/h4,7-8,10-11,13,17-18,22,25,28-29,31,33,38H,2-3,5-6,9,12,14-16,19-21H2,1H3,(H,36,39)/b7-4-/t22-,25-,28+,29+,31-,33-/m0/s1. The van der Waals surface area contributed by atoms with Gasteiger partial charge in [0.2, 0.25) is 10.0 Å². The van der Waals surface area contributed by atoms with E-state index >= 15 is 0 Å². The lowest BCUT2D eigenvalue weighted by molar-refractivity contribution is -0.0564. The number of hydrogen-bond donors (Lipinski definition) is 2. The number of carbonyl (C=O) groups excluding carboxylic acids is 1. The van der Waals surface area contributed by atoms with Crippen LogP contribution in [0.5, 0.6) is 5.75 Å². The predicted octanol–water partition coefficient (Wildman–Crippen LogP) is 5.65. The number of halogens is 1. The fourth-order valence-electron chi connectivity index (χ4n) is 7.02. The Morgan fingerprint density at radius 1 is 1.09 bits per heavy atom. The number of anilines is 1. The maximum Gasteiger partial charge on any atom is 0.264 e. The Bertz CT molecular complexity index is 1490. The first kappa shape index (κ1) is 31.4. The summed E-state index contributed by atoms with van der Waals surface area (Å²) in [6, 6.07) is 11.1. The third kappa shape index (κ3) is 6.96. The largest absolute Gasteiger partial charge is 0.487 e. The summed E-state index contributed by atoms with van der Waals surface area (Å²) in [7, 11) is -4.02. The number of ether oxygens (including phenoxy) is 2. The summed E-state index contributed by atoms with van der Waals surface area (Å²) in [4.78, 5) is 15.9. The topological polar surface area (TPSA) is 105 Å². The Balaban J connectivity index is 1.37. The van der Waals surface area contributed by atoms with Crippen molar-refractivity contribution in [2.75, 3.05) is 24.6 Å². The number of benzene rings is 2. The molecule has 3 aliphatic heterocycles. The van der Waals surface area contributed by atoms with Crippen LogP contribution in [-0.2, 0) is 27.8 Å². The van der Waals surface area contributed by atoms with Crippen molar-refractivity contribution in [3.63, 3.8) is 0 Å². The first-order valence-corrected chi connectivity index (χ1v) is 17.9. The summed E-state index contributed by atoms with van der Waals surface area (Å²) in [6.07, 6.45) is 9.36. The molecule has 8 nitrogen and oxygen atoms in total. The summed E-state index contributed by atoms with van der Waals surface area (Å²) in [5.41, 5.74) is 3.28. The zero-order valence-corrected chi connectivity index (χ0v) is 26.9. The Labute approximate surface area is 265 Å². The molecule has 2 aromatic rings. The molecule has 1 aliphatic carbocycles. The number of hydrogen-bond acceptors (Lipinski definition) is 7. The van der Waals surface area contributed by atoms with Gasteiger partial charge in [0.25, 0.3) is 5.91 Å². The number of nitrogens with one attached hydrogen (secondary N) is 1. The summed E-state index contributed by atoms with van der Waals surface area (Å²) < 4.78 is 41.8. The van der Waals surface area contributed by atoms with Gasteiger partial charge in [-0.05, 0) is 111 Å². The molecule has 2 N–H and O–H groups in total. The Kier molecular flexibility index (Phi) is 9.57. The molecule has 6 rings (SSSR count). The molecule has 2 fully saturated rings. The number of sulfonamides is 1. The smallest absolute Gasteiger partial charge is 0.264 e. The van der Waals surface area contributed by atoms with E-state index in [1.807, 2.05) is 37.3 Å². The number of allylic oxidation sites excluding steroid dienone is 1. The normalized spacial score (nSPS) is 31.4. The highest BCUT2D eigenvalue weighted by atomic mass is 35.5. The summed E-state index contributed by atoms with van der Waals surface area (Å²) in [5, 5.41) is 11.1. The molecule has 4 aliphatic rings. The van der Waals surface area contributed by atoms with Crippen LogP contribution in [0.2, 0.25) is 5.02 Å². The van der Waals surface area contributed by atoms with Gasteiger partial charge in [0, 0.05) is 30.3 Å². The average molecular weight is 643 g/mol. The minimum atomic E-state index is -4.02. The lowest BCUT2D eigenvalue weighted by Crippen LogP contribution is -2.45. The molecule has 44 heavy (non-hydrogen) atoms. The highest BCUT2D eigenvalue weighted by molar-refractivity contribution is 7.90. The Hall–Kier alpha value is -2.59. The van der Waals surface area contributed by atoms with Crippen LogP contribution in [0.1, 0.15) is 73.4 Å². The first-order chi connectivity index (χ1) is 21.2. The quantitative estimate of drug-likeness (QED) is 0.408. The van der Waals surface area contributed by atoms with E-state index in [-0.39, 0.29) is 29.4 Å². The number of fused-ring (bicyclic) bond motifs is 3. The minimum absolute atomic E-state index is 0.123. The van der Waals surface area contributed by atoms with Gasteiger partial charge in [0.15, 0.2) is 0 Å². The van der Waals surface area contributed by atoms with Crippen LogP contribution < -0.4 is 14.4 Å². The number of aryl methyl sites for hydroxylation is 1. The molecule has 1 amide bonds. The predicted molar refractivity (Wildman–Crippen MR) is 172 cm³/mol. The fourth-order valence-corrected chi connectivity index (χ4v) is 8.93. The summed E-state index contributed by atoms with van der Waals surface area (Å²) >= 11 is 6.32. The van der Waals surface area contributed by atoms with Crippen molar-refractivity contribution in [3.05, 3.63) is 70.3 Å². The fraction of sp³-hybridized carbons (Fsp3) is 0.559. The van der Waals surface area contributed by atoms with E-state index in [1.165, 1.54) is 5.56 Å². The van der Waals surface area contributed by atoms with Crippen LogP contribution in [-0.4, -0.2) is 56.6 Å². The van der Waals surface area contributed by atoms with Gasteiger partial charge < -0.3 is 19.5 Å².